The first kappa shape index (κ1) is 18.6. The van der Waals surface area contributed by atoms with E-state index in [0.717, 1.165) is 22.4 Å². The minimum Gasteiger partial charge on any atom is -0.375 e. The van der Waals surface area contributed by atoms with Gasteiger partial charge in [0.2, 0.25) is 0 Å². The van der Waals surface area contributed by atoms with Gasteiger partial charge < -0.3 is 4.90 Å². The third-order valence-electron chi connectivity index (χ3n) is 4.51. The molecule has 0 radical (unpaired) electrons. The van der Waals surface area contributed by atoms with Crippen LogP contribution in [0.3, 0.4) is 0 Å². The summed E-state index contributed by atoms with van der Waals surface area (Å²) in [6.45, 7) is 0. The van der Waals surface area contributed by atoms with Crippen molar-refractivity contribution in [1.82, 2.24) is 19.9 Å². The molecule has 4 aromatic rings. The first-order valence-corrected chi connectivity index (χ1v) is 9.52. The highest BCUT2D eigenvalue weighted by atomic mass is 15.1. The number of hydrogen-bond acceptors (Lipinski definition) is 4. The first-order valence-electron chi connectivity index (χ1n) is 9.52. The van der Waals surface area contributed by atoms with Crippen LogP contribution in [0.4, 0.5) is 0 Å². The zero-order valence-electron chi connectivity index (χ0n) is 16.5. The molecule has 4 nitrogen and oxygen atoms in total. The van der Waals surface area contributed by atoms with E-state index in [4.69, 9.17) is 15.0 Å². The Kier molecular flexibility index (Phi) is 5.43. The van der Waals surface area contributed by atoms with E-state index in [-0.39, 0.29) is 0 Å². The van der Waals surface area contributed by atoms with E-state index in [0.29, 0.717) is 17.5 Å². The molecule has 142 valence electrons. The lowest BCUT2D eigenvalue weighted by Gasteiger charge is -2.17. The van der Waals surface area contributed by atoms with Crippen LogP contribution in [0, 0.1) is 0 Å². The predicted molar refractivity (Wildman–Crippen MR) is 119 cm³/mol. The zero-order chi connectivity index (χ0) is 20.1. The summed E-state index contributed by atoms with van der Waals surface area (Å²) in [4.78, 5) is 16.4. The normalized spacial score (nSPS) is 11.3. The monoisotopic (exact) mass is 378 g/mol. The molecule has 0 amide bonds. The quantitative estimate of drug-likeness (QED) is 0.475. The van der Waals surface area contributed by atoms with Crippen LogP contribution >= 0.6 is 0 Å². The highest BCUT2D eigenvalue weighted by Crippen LogP contribution is 2.24. The average molecular weight is 378 g/mol. The molecule has 0 aliphatic heterocycles. The molecule has 0 bridgehead atoms. The molecule has 0 saturated carbocycles. The SMILES string of the molecule is CN(C)C(=Cc1ccccc1)c1nc(-c2ccccc2)nc(-c2ccccc2)n1. The summed E-state index contributed by atoms with van der Waals surface area (Å²) in [6.07, 6.45) is 2.10. The van der Waals surface area contributed by atoms with E-state index >= 15 is 0 Å². The summed E-state index contributed by atoms with van der Waals surface area (Å²) in [7, 11) is 4.01. The number of hydrogen-bond donors (Lipinski definition) is 0. The van der Waals surface area contributed by atoms with Gasteiger partial charge in [-0.25, -0.2) is 15.0 Å². The van der Waals surface area contributed by atoms with Crippen molar-refractivity contribution in [3.8, 4) is 22.8 Å². The summed E-state index contributed by atoms with van der Waals surface area (Å²) in [5.41, 5.74) is 3.95. The van der Waals surface area contributed by atoms with Crippen molar-refractivity contribution >= 4 is 11.8 Å². The fourth-order valence-electron chi connectivity index (χ4n) is 3.02. The smallest absolute Gasteiger partial charge is 0.180 e. The largest absolute Gasteiger partial charge is 0.375 e. The van der Waals surface area contributed by atoms with Crippen LogP contribution in [0.5, 0.6) is 0 Å². The van der Waals surface area contributed by atoms with Crippen LogP contribution in [0.2, 0.25) is 0 Å². The van der Waals surface area contributed by atoms with Crippen LogP contribution in [0.1, 0.15) is 11.4 Å². The second-order valence-electron chi connectivity index (χ2n) is 6.87. The van der Waals surface area contributed by atoms with Gasteiger partial charge in [0.15, 0.2) is 17.5 Å². The maximum absolute atomic E-state index is 4.81. The number of nitrogens with zero attached hydrogens (tertiary/aromatic N) is 4. The topological polar surface area (TPSA) is 41.9 Å². The van der Waals surface area contributed by atoms with Gasteiger partial charge in [-0.15, -0.1) is 0 Å². The van der Waals surface area contributed by atoms with Gasteiger partial charge in [-0.1, -0.05) is 91.0 Å². The minimum absolute atomic E-state index is 0.645. The highest BCUT2D eigenvalue weighted by Gasteiger charge is 2.15. The molecule has 29 heavy (non-hydrogen) atoms. The van der Waals surface area contributed by atoms with Crippen LogP contribution < -0.4 is 0 Å². The van der Waals surface area contributed by atoms with E-state index in [1.165, 1.54) is 0 Å². The second kappa shape index (κ2) is 8.48. The van der Waals surface area contributed by atoms with Crippen LogP contribution in [-0.2, 0) is 0 Å². The predicted octanol–water partition coefficient (Wildman–Crippen LogP) is 5.27. The molecule has 0 unspecified atom stereocenters. The van der Waals surface area contributed by atoms with Gasteiger partial charge in [0.25, 0.3) is 0 Å². The second-order valence-corrected chi connectivity index (χ2v) is 6.87. The summed E-state index contributed by atoms with van der Waals surface area (Å²) in [5.74, 6) is 1.97. The molecular weight excluding hydrogens is 356 g/mol. The number of benzene rings is 3. The van der Waals surface area contributed by atoms with Crippen molar-refractivity contribution in [2.24, 2.45) is 0 Å². The Bertz CT molecular complexity index is 1050. The average Bonchev–Trinajstić information content (AvgIpc) is 2.79. The van der Waals surface area contributed by atoms with Gasteiger partial charge in [-0.05, 0) is 11.6 Å². The maximum Gasteiger partial charge on any atom is 0.180 e. The van der Waals surface area contributed by atoms with Crippen LogP contribution in [0.25, 0.3) is 34.5 Å². The highest BCUT2D eigenvalue weighted by molar-refractivity contribution is 5.78. The summed E-state index contributed by atoms with van der Waals surface area (Å²) in [6, 6.07) is 30.2. The van der Waals surface area contributed by atoms with Crippen molar-refractivity contribution in [3.63, 3.8) is 0 Å². The minimum atomic E-state index is 0.645. The molecule has 0 fully saturated rings. The zero-order valence-corrected chi connectivity index (χ0v) is 16.5. The van der Waals surface area contributed by atoms with E-state index in [1.54, 1.807) is 0 Å². The van der Waals surface area contributed by atoms with E-state index in [9.17, 15) is 0 Å². The third-order valence-corrected chi connectivity index (χ3v) is 4.51. The lowest BCUT2D eigenvalue weighted by atomic mass is 10.1. The van der Waals surface area contributed by atoms with Crippen LogP contribution in [0.15, 0.2) is 91.0 Å². The van der Waals surface area contributed by atoms with Crippen molar-refractivity contribution < 1.29 is 0 Å². The Balaban J connectivity index is 1.90. The number of rotatable bonds is 5. The van der Waals surface area contributed by atoms with Crippen molar-refractivity contribution in [1.29, 1.82) is 0 Å². The molecule has 4 heteroatoms. The molecule has 0 N–H and O–H groups in total. The standard InChI is InChI=1S/C25H22N4/c1-29(2)22(18-19-12-6-3-7-13-19)25-27-23(20-14-8-4-9-15-20)26-24(28-25)21-16-10-5-11-17-21/h3-18H,1-2H3. The molecule has 0 saturated heterocycles. The molecular formula is C25H22N4. The Morgan fingerprint density at radius 1 is 0.621 bits per heavy atom. The van der Waals surface area contributed by atoms with Gasteiger partial charge in [-0.2, -0.15) is 0 Å². The Hall–Kier alpha value is -3.79. The molecule has 3 aromatic carbocycles. The fourth-order valence-corrected chi connectivity index (χ4v) is 3.02. The maximum atomic E-state index is 4.81. The van der Waals surface area contributed by atoms with Gasteiger partial charge in [-0.3, -0.25) is 0 Å². The lowest BCUT2D eigenvalue weighted by molar-refractivity contribution is 0.588. The molecule has 0 aliphatic carbocycles. The Morgan fingerprint density at radius 3 is 1.52 bits per heavy atom. The van der Waals surface area contributed by atoms with E-state index in [2.05, 4.69) is 18.2 Å². The van der Waals surface area contributed by atoms with Gasteiger partial charge in [0.05, 0.1) is 5.70 Å². The lowest BCUT2D eigenvalue weighted by Crippen LogP contribution is -2.14. The van der Waals surface area contributed by atoms with Crippen molar-refractivity contribution in [2.45, 2.75) is 0 Å². The van der Waals surface area contributed by atoms with Crippen LogP contribution in [-0.4, -0.2) is 33.9 Å². The molecule has 1 aromatic heterocycles. The van der Waals surface area contributed by atoms with Gasteiger partial charge in [0.1, 0.15) is 0 Å². The first-order chi connectivity index (χ1) is 14.2. The molecule has 1 heterocycles. The fraction of sp³-hybridized carbons (Fsp3) is 0.0800. The van der Waals surface area contributed by atoms with Crippen molar-refractivity contribution in [3.05, 3.63) is 102 Å². The summed E-state index contributed by atoms with van der Waals surface area (Å²) >= 11 is 0. The third kappa shape index (κ3) is 4.38. The molecule has 0 spiro atoms. The van der Waals surface area contributed by atoms with Crippen molar-refractivity contribution in [2.75, 3.05) is 14.1 Å². The number of aromatic nitrogens is 3. The Labute approximate surface area is 171 Å². The van der Waals surface area contributed by atoms with E-state index < -0.39 is 0 Å². The Morgan fingerprint density at radius 2 is 1.07 bits per heavy atom. The molecule has 0 atom stereocenters. The van der Waals surface area contributed by atoms with E-state index in [1.807, 2.05) is 97.9 Å². The molecule has 0 aliphatic rings. The molecule has 4 rings (SSSR count). The van der Waals surface area contributed by atoms with Gasteiger partial charge in [0, 0.05) is 25.2 Å². The summed E-state index contributed by atoms with van der Waals surface area (Å²) in [5, 5.41) is 0. The van der Waals surface area contributed by atoms with Gasteiger partial charge >= 0.3 is 0 Å². The summed E-state index contributed by atoms with van der Waals surface area (Å²) < 4.78 is 0.